The van der Waals surface area contributed by atoms with Crippen molar-refractivity contribution in [1.82, 2.24) is 0 Å². The Labute approximate surface area is 139 Å². The molecule has 0 fully saturated rings. The molecular weight excluding hydrogens is 312 g/mol. The predicted molar refractivity (Wildman–Crippen MR) is 87.1 cm³/mol. The van der Waals surface area contributed by atoms with Crippen molar-refractivity contribution in [2.75, 3.05) is 11.4 Å². The number of aliphatic carboxylic acids is 1. The second kappa shape index (κ2) is 5.36. The van der Waals surface area contributed by atoms with E-state index in [0.29, 0.717) is 0 Å². The summed E-state index contributed by atoms with van der Waals surface area (Å²) in [6, 6.07) is 7.58. The first-order valence-electron chi connectivity index (χ1n) is 7.61. The lowest BCUT2D eigenvalue weighted by Gasteiger charge is -2.44. The van der Waals surface area contributed by atoms with Crippen LogP contribution in [0.5, 0.6) is 0 Å². The Balaban J connectivity index is 2.12. The lowest BCUT2D eigenvalue weighted by molar-refractivity contribution is -0.472. The van der Waals surface area contributed by atoms with Gasteiger partial charge in [0.1, 0.15) is 4.92 Å². The van der Waals surface area contributed by atoms with Gasteiger partial charge in [-0.05, 0) is 37.6 Å². The van der Waals surface area contributed by atoms with Crippen LogP contribution in [-0.4, -0.2) is 28.3 Å². The first kappa shape index (κ1) is 16.0. The van der Waals surface area contributed by atoms with Crippen LogP contribution in [0.4, 0.5) is 5.69 Å². The zero-order valence-corrected chi connectivity index (χ0v) is 13.4. The number of nitro groups is 1. The number of hydrogen-bond acceptors (Lipinski definition) is 5. The van der Waals surface area contributed by atoms with Crippen LogP contribution in [0.3, 0.4) is 0 Å². The summed E-state index contributed by atoms with van der Waals surface area (Å²) in [7, 11) is 0. The minimum atomic E-state index is -1.14. The number of fused-ring (bicyclic) bond motifs is 1. The van der Waals surface area contributed by atoms with Gasteiger partial charge >= 0.3 is 11.9 Å². The molecule has 7 heteroatoms. The molecule has 2 aliphatic rings. The Hall–Kier alpha value is -2.83. The van der Waals surface area contributed by atoms with Crippen molar-refractivity contribution in [2.24, 2.45) is 0 Å². The fourth-order valence-corrected chi connectivity index (χ4v) is 3.51. The van der Waals surface area contributed by atoms with E-state index in [0.717, 1.165) is 11.3 Å². The van der Waals surface area contributed by atoms with Crippen LogP contribution in [0, 0.1) is 10.1 Å². The van der Waals surface area contributed by atoms with Crippen molar-refractivity contribution in [3.05, 3.63) is 64.1 Å². The van der Waals surface area contributed by atoms with Gasteiger partial charge < -0.3 is 14.7 Å². The van der Waals surface area contributed by atoms with Crippen LogP contribution in [0.15, 0.2) is 48.4 Å². The molecule has 1 aromatic carbocycles. The number of rotatable bonds is 4. The van der Waals surface area contributed by atoms with Crippen molar-refractivity contribution in [2.45, 2.75) is 31.4 Å². The molecule has 3 rings (SSSR count). The zero-order chi connectivity index (χ0) is 17.5. The van der Waals surface area contributed by atoms with E-state index >= 15 is 0 Å². The number of nitrogens with zero attached hydrogens (tertiary/aromatic N) is 2. The molecule has 1 aromatic rings. The van der Waals surface area contributed by atoms with E-state index < -0.39 is 22.0 Å². The summed E-state index contributed by atoms with van der Waals surface area (Å²) in [6.07, 6.45) is 4.57. The number of anilines is 1. The van der Waals surface area contributed by atoms with Gasteiger partial charge in [0.2, 0.25) is 5.72 Å². The Bertz CT molecular complexity index is 768. The smallest absolute Gasteiger partial charge is 0.430 e. The van der Waals surface area contributed by atoms with E-state index in [1.165, 1.54) is 6.08 Å². The second-order valence-electron chi connectivity index (χ2n) is 6.36. The number of para-hydroxylation sites is 1. The topological polar surface area (TPSA) is 92.9 Å². The van der Waals surface area contributed by atoms with E-state index in [9.17, 15) is 14.9 Å². The second-order valence-corrected chi connectivity index (χ2v) is 6.36. The SMILES string of the molecule is CC1(C)c2ccccc2N(CCC(=O)O)C12C=CC=C([N+](=O)[O-])O2. The van der Waals surface area contributed by atoms with E-state index in [2.05, 4.69) is 0 Å². The van der Waals surface area contributed by atoms with Crippen LogP contribution in [0.1, 0.15) is 25.8 Å². The van der Waals surface area contributed by atoms with E-state index in [1.807, 2.05) is 43.0 Å². The van der Waals surface area contributed by atoms with Crippen LogP contribution in [-0.2, 0) is 14.9 Å². The van der Waals surface area contributed by atoms with Crippen molar-refractivity contribution >= 4 is 11.7 Å². The molecule has 1 N–H and O–H groups in total. The fourth-order valence-electron chi connectivity index (χ4n) is 3.51. The number of carboxylic acid groups (broad SMARTS) is 1. The maximum Gasteiger partial charge on any atom is 0.430 e. The maximum atomic E-state index is 11.2. The summed E-state index contributed by atoms with van der Waals surface area (Å²) in [4.78, 5) is 23.5. The van der Waals surface area contributed by atoms with Gasteiger partial charge in [-0.3, -0.25) is 14.9 Å². The number of allylic oxidation sites excluding steroid dienone is 2. The first-order chi connectivity index (χ1) is 11.3. The summed E-state index contributed by atoms with van der Waals surface area (Å²) in [5.74, 6) is -1.28. The number of carbonyl (C=O) groups is 1. The van der Waals surface area contributed by atoms with Crippen LogP contribution in [0.2, 0.25) is 0 Å². The molecule has 0 saturated heterocycles. The predicted octanol–water partition coefficient (Wildman–Crippen LogP) is 2.66. The third-order valence-corrected chi connectivity index (χ3v) is 4.72. The highest BCUT2D eigenvalue weighted by molar-refractivity contribution is 5.71. The number of benzene rings is 1. The molecule has 1 unspecified atom stereocenters. The highest BCUT2D eigenvalue weighted by Gasteiger charge is 2.59. The number of carboxylic acids is 1. The third kappa shape index (κ3) is 2.16. The van der Waals surface area contributed by atoms with E-state index in [-0.39, 0.29) is 18.8 Å². The molecule has 0 bridgehead atoms. The summed E-state index contributed by atoms with van der Waals surface area (Å²) in [6.45, 7) is 4.07. The van der Waals surface area contributed by atoms with Gasteiger partial charge in [0, 0.05) is 12.2 Å². The Morgan fingerprint density at radius 1 is 1.38 bits per heavy atom. The van der Waals surface area contributed by atoms with Gasteiger partial charge in [-0.1, -0.05) is 18.2 Å². The Morgan fingerprint density at radius 2 is 2.08 bits per heavy atom. The lowest BCUT2D eigenvalue weighted by Crippen LogP contribution is -2.57. The molecule has 0 radical (unpaired) electrons. The Morgan fingerprint density at radius 3 is 2.75 bits per heavy atom. The molecule has 24 heavy (non-hydrogen) atoms. The van der Waals surface area contributed by atoms with Gasteiger partial charge in [-0.2, -0.15) is 0 Å². The molecule has 126 valence electrons. The largest absolute Gasteiger partial charge is 0.481 e. The minimum Gasteiger partial charge on any atom is -0.481 e. The molecule has 2 aliphatic heterocycles. The monoisotopic (exact) mass is 330 g/mol. The highest BCUT2D eigenvalue weighted by atomic mass is 16.7. The van der Waals surface area contributed by atoms with Crippen molar-refractivity contribution in [1.29, 1.82) is 0 Å². The van der Waals surface area contributed by atoms with Crippen LogP contribution in [0.25, 0.3) is 0 Å². The average Bonchev–Trinajstić information content (AvgIpc) is 2.71. The maximum absolute atomic E-state index is 11.2. The summed E-state index contributed by atoms with van der Waals surface area (Å²) in [5.41, 5.74) is 0.0554. The third-order valence-electron chi connectivity index (χ3n) is 4.72. The fraction of sp³-hybridized carbons (Fsp3) is 0.353. The van der Waals surface area contributed by atoms with Gasteiger partial charge in [0.15, 0.2) is 0 Å². The molecule has 2 heterocycles. The van der Waals surface area contributed by atoms with Crippen molar-refractivity contribution in [3.8, 4) is 0 Å². The molecule has 0 aromatic heterocycles. The Kier molecular flexibility index (Phi) is 3.59. The molecule has 0 saturated carbocycles. The lowest BCUT2D eigenvalue weighted by atomic mass is 9.77. The van der Waals surface area contributed by atoms with Gasteiger partial charge in [0.05, 0.1) is 17.9 Å². The standard InChI is InChI=1S/C17H18N2O5/c1-16(2)12-6-3-4-7-13(12)18(11-9-15(20)21)17(16)10-5-8-14(24-17)19(22)23/h3-8,10H,9,11H2,1-2H3,(H,20,21). The molecule has 1 spiro atoms. The molecule has 0 aliphatic carbocycles. The highest BCUT2D eigenvalue weighted by Crippen LogP contribution is 2.54. The first-order valence-corrected chi connectivity index (χ1v) is 7.61. The van der Waals surface area contributed by atoms with Crippen molar-refractivity contribution in [3.63, 3.8) is 0 Å². The summed E-state index contributed by atoms with van der Waals surface area (Å²) < 4.78 is 5.85. The molecular formula is C17H18N2O5. The average molecular weight is 330 g/mol. The van der Waals surface area contributed by atoms with Gasteiger partial charge in [-0.15, -0.1) is 0 Å². The van der Waals surface area contributed by atoms with Crippen molar-refractivity contribution < 1.29 is 19.6 Å². The minimum absolute atomic E-state index is 0.0964. The van der Waals surface area contributed by atoms with Gasteiger partial charge in [-0.25, -0.2) is 0 Å². The molecule has 0 amide bonds. The zero-order valence-electron chi connectivity index (χ0n) is 13.4. The normalized spacial score (nSPS) is 23.6. The summed E-state index contributed by atoms with van der Waals surface area (Å²) >= 11 is 0. The number of ether oxygens (including phenoxy) is 1. The summed E-state index contributed by atoms with van der Waals surface area (Å²) in [5, 5.41) is 20.3. The molecule has 7 nitrogen and oxygen atoms in total. The molecule has 1 atom stereocenters. The van der Waals surface area contributed by atoms with Crippen LogP contribution < -0.4 is 4.90 Å². The van der Waals surface area contributed by atoms with E-state index in [4.69, 9.17) is 9.84 Å². The van der Waals surface area contributed by atoms with Crippen LogP contribution >= 0.6 is 0 Å². The van der Waals surface area contributed by atoms with E-state index in [1.54, 1.807) is 12.2 Å². The quantitative estimate of drug-likeness (QED) is 0.674. The van der Waals surface area contributed by atoms with Gasteiger partial charge in [0.25, 0.3) is 0 Å². The number of hydrogen-bond donors (Lipinski definition) is 1.